The normalized spacial score (nSPS) is 11.1. The average molecular weight is 427 g/mol. The Bertz CT molecular complexity index is 1100. The van der Waals surface area contributed by atoms with Crippen molar-refractivity contribution in [3.8, 4) is 0 Å². The highest BCUT2D eigenvalue weighted by Gasteiger charge is 2.10. The fraction of sp³-hybridized carbons (Fsp3) is 0.125. The summed E-state index contributed by atoms with van der Waals surface area (Å²) in [5.74, 6) is 0. The summed E-state index contributed by atoms with van der Waals surface area (Å²) in [5, 5.41) is 3.31. The number of hydrogen-bond acceptors (Lipinski definition) is 1. The average Bonchev–Trinajstić information content (AvgIpc) is 2.69. The molecule has 140 valence electrons. The Hall–Kier alpha value is -2.06. The van der Waals surface area contributed by atoms with Gasteiger partial charge in [-0.1, -0.05) is 65.1 Å². The Balaban J connectivity index is 1.68. The van der Waals surface area contributed by atoms with Gasteiger partial charge in [-0.2, -0.15) is 0 Å². The summed E-state index contributed by atoms with van der Waals surface area (Å²) >= 11 is 18.2. The minimum atomic E-state index is 0.703. The van der Waals surface area contributed by atoms with Crippen molar-refractivity contribution in [2.75, 3.05) is 0 Å². The van der Waals surface area contributed by atoms with Gasteiger partial charge < -0.3 is 0 Å². The van der Waals surface area contributed by atoms with Crippen LogP contribution in [0.15, 0.2) is 72.8 Å². The lowest BCUT2D eigenvalue weighted by molar-refractivity contribution is 0.898. The highest BCUT2D eigenvalue weighted by atomic mass is 35.5. The molecule has 0 N–H and O–H groups in total. The van der Waals surface area contributed by atoms with Crippen molar-refractivity contribution in [2.45, 2.75) is 19.3 Å². The lowest BCUT2D eigenvalue weighted by atomic mass is 9.98. The largest absolute Gasteiger partial charge is 0.252 e. The van der Waals surface area contributed by atoms with Crippen molar-refractivity contribution in [2.24, 2.45) is 0 Å². The lowest BCUT2D eigenvalue weighted by Crippen LogP contribution is -2.02. The van der Waals surface area contributed by atoms with Gasteiger partial charge in [-0.15, -0.1) is 0 Å². The van der Waals surface area contributed by atoms with E-state index in [1.54, 1.807) is 0 Å². The van der Waals surface area contributed by atoms with Crippen LogP contribution in [0.4, 0.5) is 0 Å². The van der Waals surface area contributed by atoms with Crippen LogP contribution in [0.5, 0.6) is 0 Å². The molecule has 0 spiro atoms. The quantitative estimate of drug-likeness (QED) is 0.320. The van der Waals surface area contributed by atoms with Gasteiger partial charge in [0.25, 0.3) is 0 Å². The molecule has 3 aromatic carbocycles. The first-order valence-corrected chi connectivity index (χ1v) is 10.3. The highest BCUT2D eigenvalue weighted by Crippen LogP contribution is 2.24. The van der Waals surface area contributed by atoms with Crippen molar-refractivity contribution < 1.29 is 0 Å². The first kappa shape index (κ1) is 19.3. The number of hydrogen-bond donors (Lipinski definition) is 0. The van der Waals surface area contributed by atoms with Crippen LogP contribution in [-0.4, -0.2) is 4.98 Å². The molecule has 0 saturated carbocycles. The van der Waals surface area contributed by atoms with Crippen LogP contribution in [0, 0.1) is 0 Å². The minimum Gasteiger partial charge on any atom is -0.252 e. The Labute approximate surface area is 179 Å². The number of benzene rings is 3. The van der Waals surface area contributed by atoms with Crippen molar-refractivity contribution in [1.82, 2.24) is 4.98 Å². The van der Waals surface area contributed by atoms with E-state index in [4.69, 9.17) is 39.8 Å². The molecule has 0 radical (unpaired) electrons. The Kier molecular flexibility index (Phi) is 5.87. The molecule has 0 aliphatic rings. The molecule has 1 aromatic heterocycles. The van der Waals surface area contributed by atoms with Gasteiger partial charge >= 0.3 is 0 Å². The number of nitrogens with zero attached hydrogens (tertiary/aromatic N) is 1. The molecule has 0 unspecified atom stereocenters. The van der Waals surface area contributed by atoms with Gasteiger partial charge in [-0.05, 0) is 78.4 Å². The molecular formula is C24H18Cl3N. The monoisotopic (exact) mass is 425 g/mol. The van der Waals surface area contributed by atoms with Crippen LogP contribution in [0.3, 0.4) is 0 Å². The first-order chi connectivity index (χ1) is 13.6. The van der Waals surface area contributed by atoms with Gasteiger partial charge in [0.1, 0.15) is 0 Å². The van der Waals surface area contributed by atoms with E-state index in [0.29, 0.717) is 5.02 Å². The molecule has 4 aromatic rings. The third kappa shape index (κ3) is 4.67. The molecule has 0 atom stereocenters. The fourth-order valence-electron chi connectivity index (χ4n) is 3.33. The van der Waals surface area contributed by atoms with Crippen molar-refractivity contribution >= 4 is 45.7 Å². The van der Waals surface area contributed by atoms with Crippen molar-refractivity contribution in [3.05, 3.63) is 110 Å². The van der Waals surface area contributed by atoms with Crippen LogP contribution in [0.25, 0.3) is 10.9 Å². The smallest absolute Gasteiger partial charge is 0.0720 e. The lowest BCUT2D eigenvalue weighted by Gasteiger charge is -2.12. The van der Waals surface area contributed by atoms with Gasteiger partial charge in [0, 0.05) is 26.1 Å². The van der Waals surface area contributed by atoms with E-state index in [-0.39, 0.29) is 0 Å². The second kappa shape index (κ2) is 8.53. The predicted octanol–water partition coefficient (Wildman–Crippen LogP) is 7.57. The summed E-state index contributed by atoms with van der Waals surface area (Å²) in [5.41, 5.74) is 5.71. The molecule has 1 heterocycles. The molecular weight excluding hydrogens is 409 g/mol. The number of fused-ring (bicyclic) bond motifs is 1. The molecule has 0 bridgehead atoms. The van der Waals surface area contributed by atoms with Gasteiger partial charge in [-0.3, -0.25) is 4.98 Å². The second-order valence-electron chi connectivity index (χ2n) is 6.86. The highest BCUT2D eigenvalue weighted by molar-refractivity contribution is 6.31. The van der Waals surface area contributed by atoms with Crippen LogP contribution in [-0.2, 0) is 19.3 Å². The zero-order chi connectivity index (χ0) is 19.5. The SMILES string of the molecule is Clc1ccc(CCc2nc3cc(Cl)ccc3cc2Cc2ccc(Cl)cc2)cc1. The molecule has 28 heavy (non-hydrogen) atoms. The maximum Gasteiger partial charge on any atom is 0.0720 e. The molecule has 4 rings (SSSR count). The Morgan fingerprint density at radius 3 is 1.89 bits per heavy atom. The van der Waals surface area contributed by atoms with Crippen LogP contribution in [0.2, 0.25) is 15.1 Å². The molecule has 1 nitrogen and oxygen atoms in total. The van der Waals surface area contributed by atoms with E-state index >= 15 is 0 Å². The van der Waals surface area contributed by atoms with E-state index in [1.165, 1.54) is 16.7 Å². The third-order valence-corrected chi connectivity index (χ3v) is 5.56. The van der Waals surface area contributed by atoms with Crippen LogP contribution >= 0.6 is 34.8 Å². The number of pyridine rings is 1. The summed E-state index contributed by atoms with van der Waals surface area (Å²) in [6.07, 6.45) is 2.58. The Morgan fingerprint density at radius 2 is 1.21 bits per heavy atom. The minimum absolute atomic E-state index is 0.703. The molecule has 0 fully saturated rings. The maximum absolute atomic E-state index is 6.18. The van der Waals surface area contributed by atoms with Crippen LogP contribution in [0.1, 0.15) is 22.4 Å². The molecule has 0 saturated heterocycles. The molecule has 0 amide bonds. The molecule has 0 aliphatic heterocycles. The maximum atomic E-state index is 6.18. The Morgan fingerprint density at radius 1 is 0.607 bits per heavy atom. The topological polar surface area (TPSA) is 12.9 Å². The number of rotatable bonds is 5. The zero-order valence-corrected chi connectivity index (χ0v) is 17.4. The summed E-state index contributed by atoms with van der Waals surface area (Å²) < 4.78 is 0. The summed E-state index contributed by atoms with van der Waals surface area (Å²) in [6, 6.07) is 24.1. The first-order valence-electron chi connectivity index (χ1n) is 9.14. The second-order valence-corrected chi connectivity index (χ2v) is 8.17. The summed E-state index contributed by atoms with van der Waals surface area (Å²) in [6.45, 7) is 0. The standard InChI is InChI=1S/C24H18Cl3N/c25-20-7-1-16(2-8-20)5-12-23-19(13-17-3-9-21(26)10-4-17)14-18-6-11-22(27)15-24(18)28-23/h1-4,6-11,14-15H,5,12-13H2. The van der Waals surface area contributed by atoms with E-state index in [9.17, 15) is 0 Å². The van der Waals surface area contributed by atoms with Gasteiger partial charge in [-0.25, -0.2) is 0 Å². The van der Waals surface area contributed by atoms with Crippen LogP contribution < -0.4 is 0 Å². The molecule has 0 aliphatic carbocycles. The number of aryl methyl sites for hydroxylation is 2. The zero-order valence-electron chi connectivity index (χ0n) is 15.1. The van der Waals surface area contributed by atoms with E-state index < -0.39 is 0 Å². The summed E-state index contributed by atoms with van der Waals surface area (Å²) in [7, 11) is 0. The van der Waals surface area contributed by atoms with Gasteiger partial charge in [0.05, 0.1) is 5.52 Å². The van der Waals surface area contributed by atoms with E-state index in [2.05, 4.69) is 30.3 Å². The number of aromatic nitrogens is 1. The molecule has 4 heteroatoms. The third-order valence-electron chi connectivity index (χ3n) is 4.82. The fourth-order valence-corrected chi connectivity index (χ4v) is 3.75. The van der Waals surface area contributed by atoms with Crippen molar-refractivity contribution in [1.29, 1.82) is 0 Å². The van der Waals surface area contributed by atoms with Crippen molar-refractivity contribution in [3.63, 3.8) is 0 Å². The van der Waals surface area contributed by atoms with E-state index in [0.717, 1.165) is 45.9 Å². The van der Waals surface area contributed by atoms with E-state index in [1.807, 2.05) is 42.5 Å². The predicted molar refractivity (Wildman–Crippen MR) is 120 cm³/mol. The van der Waals surface area contributed by atoms with Gasteiger partial charge in [0.2, 0.25) is 0 Å². The summed E-state index contributed by atoms with van der Waals surface area (Å²) in [4.78, 5) is 4.95. The van der Waals surface area contributed by atoms with Gasteiger partial charge in [0.15, 0.2) is 0 Å². The number of halogens is 3.